The first kappa shape index (κ1) is 15.8. The van der Waals surface area contributed by atoms with E-state index in [1.165, 1.54) is 0 Å². The Hall–Kier alpha value is -2.24. The number of carbonyl (C=O) groups excluding carboxylic acids is 2. The number of ether oxygens (including phenoxy) is 1. The Bertz CT molecular complexity index is 424. The van der Waals surface area contributed by atoms with E-state index >= 15 is 0 Å². The van der Waals surface area contributed by atoms with E-state index in [0.717, 1.165) is 17.7 Å². The van der Waals surface area contributed by atoms with Crippen molar-refractivity contribution in [2.75, 3.05) is 19.8 Å². The van der Waals surface area contributed by atoms with E-state index in [1.54, 1.807) is 0 Å². The van der Waals surface area contributed by atoms with E-state index in [2.05, 4.69) is 22.9 Å². The van der Waals surface area contributed by atoms with Crippen molar-refractivity contribution >= 4 is 12.4 Å². The minimum atomic E-state index is -0.287. The first-order chi connectivity index (χ1) is 9.77. The lowest BCUT2D eigenvalue weighted by Gasteiger charge is -2.11. The minimum absolute atomic E-state index is 0.120. The van der Waals surface area contributed by atoms with Crippen molar-refractivity contribution in [3.63, 3.8) is 0 Å². The molecule has 20 heavy (non-hydrogen) atoms. The lowest BCUT2D eigenvalue weighted by Crippen LogP contribution is -2.38. The molecule has 1 rings (SSSR count). The van der Waals surface area contributed by atoms with E-state index in [1.807, 2.05) is 24.3 Å². The van der Waals surface area contributed by atoms with Crippen molar-refractivity contribution in [3.05, 3.63) is 29.8 Å². The molecule has 1 aromatic carbocycles. The maximum absolute atomic E-state index is 11.4. The van der Waals surface area contributed by atoms with Crippen LogP contribution in [-0.4, -0.2) is 32.3 Å². The summed E-state index contributed by atoms with van der Waals surface area (Å²) in [5, 5.41) is 7.80. The summed E-state index contributed by atoms with van der Waals surface area (Å²) in [6, 6.07) is 7.44. The standard InChI is InChI=1S/C14H21N3O3/c1-2-12-6-3-4-7-13(12)20-11-17-14(19)16-9-5-8-15-10-18/h3-4,6-7,10H,2,5,8-9,11H2,1H3,(H,15,18)(H2,16,17,19). The van der Waals surface area contributed by atoms with E-state index in [0.29, 0.717) is 25.9 Å². The molecule has 0 aliphatic rings. The lowest BCUT2D eigenvalue weighted by molar-refractivity contribution is -0.109. The average molecular weight is 279 g/mol. The molecule has 0 saturated carbocycles. The van der Waals surface area contributed by atoms with Crippen molar-refractivity contribution in [2.24, 2.45) is 0 Å². The number of para-hydroxylation sites is 1. The number of rotatable bonds is 9. The molecule has 0 saturated heterocycles. The second-order valence-electron chi connectivity index (χ2n) is 4.11. The molecule has 3 amide bonds. The minimum Gasteiger partial charge on any atom is -0.473 e. The highest BCUT2D eigenvalue weighted by molar-refractivity contribution is 5.73. The van der Waals surface area contributed by atoms with Crippen LogP contribution in [-0.2, 0) is 11.2 Å². The van der Waals surface area contributed by atoms with E-state index in [-0.39, 0.29) is 12.8 Å². The number of urea groups is 1. The van der Waals surface area contributed by atoms with Gasteiger partial charge in [-0.3, -0.25) is 4.79 Å². The SMILES string of the molecule is CCc1ccccc1OCNC(=O)NCCCNC=O. The van der Waals surface area contributed by atoms with Crippen LogP contribution in [0.4, 0.5) is 4.79 Å². The topological polar surface area (TPSA) is 79.5 Å². The zero-order valence-electron chi connectivity index (χ0n) is 11.6. The summed E-state index contributed by atoms with van der Waals surface area (Å²) >= 11 is 0. The van der Waals surface area contributed by atoms with Crippen LogP contribution in [0.15, 0.2) is 24.3 Å². The molecule has 1 aromatic rings. The normalized spacial score (nSPS) is 9.65. The van der Waals surface area contributed by atoms with E-state index < -0.39 is 0 Å². The molecule has 110 valence electrons. The molecule has 0 aromatic heterocycles. The average Bonchev–Trinajstić information content (AvgIpc) is 2.47. The van der Waals surface area contributed by atoms with Gasteiger partial charge in [-0.2, -0.15) is 0 Å². The third kappa shape index (κ3) is 6.08. The Labute approximate surface area is 118 Å². The van der Waals surface area contributed by atoms with Gasteiger partial charge in [0, 0.05) is 13.1 Å². The van der Waals surface area contributed by atoms with Crippen LogP contribution in [0.1, 0.15) is 18.9 Å². The molecule has 0 aliphatic carbocycles. The van der Waals surface area contributed by atoms with Crippen LogP contribution in [0.25, 0.3) is 0 Å². The molecule has 0 fully saturated rings. The second-order valence-corrected chi connectivity index (χ2v) is 4.11. The molecule has 0 heterocycles. The second kappa shape index (κ2) is 9.66. The Morgan fingerprint density at radius 3 is 2.80 bits per heavy atom. The summed E-state index contributed by atoms with van der Waals surface area (Å²) in [6.45, 7) is 3.22. The maximum atomic E-state index is 11.4. The monoisotopic (exact) mass is 279 g/mol. The summed E-state index contributed by atoms with van der Waals surface area (Å²) in [5.74, 6) is 0.783. The van der Waals surface area contributed by atoms with Crippen molar-refractivity contribution in [3.8, 4) is 5.75 Å². The number of hydrogen-bond donors (Lipinski definition) is 3. The molecule has 0 spiro atoms. The van der Waals surface area contributed by atoms with Gasteiger partial charge in [0.05, 0.1) is 0 Å². The predicted octanol–water partition coefficient (Wildman–Crippen LogP) is 1.02. The van der Waals surface area contributed by atoms with Crippen molar-refractivity contribution in [1.29, 1.82) is 0 Å². The third-order valence-corrected chi connectivity index (χ3v) is 2.68. The fourth-order valence-electron chi connectivity index (χ4n) is 1.63. The number of aryl methyl sites for hydroxylation is 1. The highest BCUT2D eigenvalue weighted by Gasteiger charge is 2.02. The molecule has 6 heteroatoms. The lowest BCUT2D eigenvalue weighted by atomic mass is 10.1. The highest BCUT2D eigenvalue weighted by Crippen LogP contribution is 2.17. The molecule has 0 unspecified atom stereocenters. The third-order valence-electron chi connectivity index (χ3n) is 2.68. The Balaban J connectivity index is 2.16. The smallest absolute Gasteiger partial charge is 0.317 e. The Morgan fingerprint density at radius 2 is 2.05 bits per heavy atom. The Morgan fingerprint density at radius 1 is 1.25 bits per heavy atom. The van der Waals surface area contributed by atoms with E-state index in [4.69, 9.17) is 4.74 Å². The first-order valence-electron chi connectivity index (χ1n) is 6.67. The quantitative estimate of drug-likeness (QED) is 0.359. The van der Waals surface area contributed by atoms with Gasteiger partial charge in [0.15, 0.2) is 6.73 Å². The van der Waals surface area contributed by atoms with Crippen LogP contribution in [0.5, 0.6) is 5.75 Å². The molecule has 3 N–H and O–H groups in total. The van der Waals surface area contributed by atoms with Crippen molar-refractivity contribution < 1.29 is 14.3 Å². The summed E-state index contributed by atoms with van der Waals surface area (Å²) in [7, 11) is 0. The summed E-state index contributed by atoms with van der Waals surface area (Å²) < 4.78 is 5.51. The number of nitrogens with one attached hydrogen (secondary N) is 3. The van der Waals surface area contributed by atoms with Crippen LogP contribution >= 0.6 is 0 Å². The summed E-state index contributed by atoms with van der Waals surface area (Å²) in [6.07, 6.45) is 2.21. The van der Waals surface area contributed by atoms with Gasteiger partial charge in [0.25, 0.3) is 0 Å². The molecule has 6 nitrogen and oxygen atoms in total. The summed E-state index contributed by atoms with van der Waals surface area (Å²) in [5.41, 5.74) is 1.11. The van der Waals surface area contributed by atoms with Gasteiger partial charge in [-0.25, -0.2) is 4.79 Å². The van der Waals surface area contributed by atoms with Crippen molar-refractivity contribution in [2.45, 2.75) is 19.8 Å². The predicted molar refractivity (Wildman–Crippen MR) is 76.5 cm³/mol. The fraction of sp³-hybridized carbons (Fsp3) is 0.429. The molecule has 0 radical (unpaired) electrons. The van der Waals surface area contributed by atoms with Crippen molar-refractivity contribution in [1.82, 2.24) is 16.0 Å². The zero-order valence-corrected chi connectivity index (χ0v) is 11.6. The van der Waals surface area contributed by atoms with Crippen LogP contribution in [0, 0.1) is 0 Å². The maximum Gasteiger partial charge on any atom is 0.317 e. The molecule has 0 aliphatic heterocycles. The van der Waals surface area contributed by atoms with Gasteiger partial charge in [-0.15, -0.1) is 0 Å². The van der Waals surface area contributed by atoms with Crippen LogP contribution in [0.3, 0.4) is 0 Å². The van der Waals surface area contributed by atoms with Gasteiger partial charge < -0.3 is 20.7 Å². The first-order valence-corrected chi connectivity index (χ1v) is 6.67. The van der Waals surface area contributed by atoms with Gasteiger partial charge in [-0.05, 0) is 24.5 Å². The fourth-order valence-corrected chi connectivity index (χ4v) is 1.63. The van der Waals surface area contributed by atoms with Gasteiger partial charge >= 0.3 is 6.03 Å². The van der Waals surface area contributed by atoms with Gasteiger partial charge in [0.2, 0.25) is 6.41 Å². The molecular weight excluding hydrogens is 258 g/mol. The number of benzene rings is 1. The van der Waals surface area contributed by atoms with Crippen LogP contribution in [0.2, 0.25) is 0 Å². The molecular formula is C14H21N3O3. The number of hydrogen-bond acceptors (Lipinski definition) is 3. The Kier molecular flexibility index (Phi) is 7.64. The van der Waals surface area contributed by atoms with Gasteiger partial charge in [-0.1, -0.05) is 25.1 Å². The highest BCUT2D eigenvalue weighted by atomic mass is 16.5. The summed E-state index contributed by atoms with van der Waals surface area (Å²) in [4.78, 5) is 21.4. The van der Waals surface area contributed by atoms with Crippen LogP contribution < -0.4 is 20.7 Å². The zero-order chi connectivity index (χ0) is 14.6. The molecule has 0 atom stereocenters. The van der Waals surface area contributed by atoms with E-state index in [9.17, 15) is 9.59 Å². The van der Waals surface area contributed by atoms with Gasteiger partial charge in [0.1, 0.15) is 5.75 Å². The largest absolute Gasteiger partial charge is 0.473 e. The molecule has 0 bridgehead atoms. The number of amides is 3. The number of carbonyl (C=O) groups is 2.